The molecule has 1 aliphatic heterocycles. The van der Waals surface area contributed by atoms with Crippen molar-refractivity contribution in [2.24, 2.45) is 0 Å². The molecule has 10 heteroatoms. The van der Waals surface area contributed by atoms with E-state index in [1.807, 2.05) is 6.07 Å². The normalized spacial score (nSPS) is 19.1. The van der Waals surface area contributed by atoms with E-state index in [-0.39, 0.29) is 30.5 Å². The van der Waals surface area contributed by atoms with Crippen LogP contribution in [0, 0.1) is 5.82 Å². The van der Waals surface area contributed by atoms with E-state index in [4.69, 9.17) is 9.63 Å². The van der Waals surface area contributed by atoms with Gasteiger partial charge in [0.1, 0.15) is 5.82 Å². The molecule has 4 rings (SSSR count). The van der Waals surface area contributed by atoms with Gasteiger partial charge in [-0.2, -0.15) is 0 Å². The van der Waals surface area contributed by atoms with Crippen molar-refractivity contribution in [2.75, 3.05) is 16.8 Å². The minimum Gasteiger partial charge on any atom is -0.394 e. The second kappa shape index (κ2) is 8.64. The summed E-state index contributed by atoms with van der Waals surface area (Å²) in [5.41, 5.74) is 1.71. The van der Waals surface area contributed by atoms with Gasteiger partial charge in [0, 0.05) is 24.1 Å². The zero-order valence-electron chi connectivity index (χ0n) is 17.4. The van der Waals surface area contributed by atoms with Crippen molar-refractivity contribution in [1.82, 2.24) is 15.5 Å². The van der Waals surface area contributed by atoms with Gasteiger partial charge in [0.25, 0.3) is 0 Å². The number of aliphatic hydroxyl groups is 1. The molecule has 164 valence electrons. The van der Waals surface area contributed by atoms with E-state index in [0.29, 0.717) is 23.1 Å². The molecule has 3 N–H and O–H groups in total. The van der Waals surface area contributed by atoms with Crippen LogP contribution in [0.25, 0.3) is 11.3 Å². The van der Waals surface area contributed by atoms with Gasteiger partial charge in [-0.15, -0.1) is 0 Å². The van der Waals surface area contributed by atoms with Crippen LogP contribution >= 0.6 is 11.3 Å². The third-order valence-electron chi connectivity index (χ3n) is 5.25. The predicted molar refractivity (Wildman–Crippen MR) is 117 cm³/mol. The Morgan fingerprint density at radius 2 is 2.13 bits per heavy atom. The number of hydrogen-bond acceptors (Lipinski definition) is 7. The highest BCUT2D eigenvalue weighted by Crippen LogP contribution is 2.41. The summed E-state index contributed by atoms with van der Waals surface area (Å²) in [5, 5.41) is 19.2. The Morgan fingerprint density at radius 1 is 1.39 bits per heavy atom. The lowest BCUT2D eigenvalue weighted by molar-refractivity contribution is 0.229. The first-order valence-electron chi connectivity index (χ1n) is 10.0. The summed E-state index contributed by atoms with van der Waals surface area (Å²) >= 11 is 1.42. The molecule has 3 aromatic rings. The Balaban J connectivity index is 1.53. The molecule has 2 aromatic heterocycles. The molecule has 0 spiro atoms. The first-order valence-corrected chi connectivity index (χ1v) is 10.9. The second-order valence-electron chi connectivity index (χ2n) is 7.70. The van der Waals surface area contributed by atoms with Crippen molar-refractivity contribution in [3.05, 3.63) is 46.7 Å². The number of benzene rings is 1. The molecule has 0 aliphatic carbocycles. The van der Waals surface area contributed by atoms with Crippen molar-refractivity contribution in [1.29, 1.82) is 0 Å². The topological polar surface area (TPSA) is 104 Å². The van der Waals surface area contributed by atoms with E-state index in [0.717, 1.165) is 16.1 Å². The van der Waals surface area contributed by atoms with Crippen LogP contribution < -0.4 is 15.5 Å². The highest BCUT2D eigenvalue weighted by atomic mass is 32.1. The van der Waals surface area contributed by atoms with Crippen molar-refractivity contribution >= 4 is 28.3 Å². The maximum atomic E-state index is 13.2. The minimum absolute atomic E-state index is 0.0163. The zero-order chi connectivity index (χ0) is 22.1. The summed E-state index contributed by atoms with van der Waals surface area (Å²) in [6.07, 6.45) is 0.700. The lowest BCUT2D eigenvalue weighted by Crippen LogP contribution is -2.40. The molecule has 31 heavy (non-hydrogen) atoms. The predicted octanol–water partition coefficient (Wildman–Crippen LogP) is 3.95. The molecule has 1 aromatic carbocycles. The Kier molecular flexibility index (Phi) is 5.92. The average Bonchev–Trinajstić information content (AvgIpc) is 3.35. The van der Waals surface area contributed by atoms with E-state index < -0.39 is 6.03 Å². The molecular weight excluding hydrogens is 421 g/mol. The number of hydrogen-bond donors (Lipinski definition) is 3. The van der Waals surface area contributed by atoms with Gasteiger partial charge < -0.3 is 19.8 Å². The van der Waals surface area contributed by atoms with E-state index in [2.05, 4.69) is 39.5 Å². The SMILES string of the molecule is C[C@H](CO)NC(=O)Nc1nc2c(s1)[C@H](C)N(c1cc(-c3ccc(F)cc3)on1)[C@H](C)C2. The van der Waals surface area contributed by atoms with Crippen molar-refractivity contribution in [2.45, 2.75) is 45.3 Å². The molecule has 0 radical (unpaired) electrons. The maximum absolute atomic E-state index is 13.2. The summed E-state index contributed by atoms with van der Waals surface area (Å²) in [7, 11) is 0. The third-order valence-corrected chi connectivity index (χ3v) is 6.43. The molecule has 8 nitrogen and oxygen atoms in total. The van der Waals surface area contributed by atoms with E-state index in [9.17, 15) is 9.18 Å². The minimum atomic E-state index is -0.398. The fourth-order valence-electron chi connectivity index (χ4n) is 3.74. The summed E-state index contributed by atoms with van der Waals surface area (Å²) in [6.45, 7) is 5.74. The van der Waals surface area contributed by atoms with Crippen LogP contribution in [0.3, 0.4) is 0 Å². The third kappa shape index (κ3) is 4.40. The zero-order valence-corrected chi connectivity index (χ0v) is 18.2. The number of amides is 2. The van der Waals surface area contributed by atoms with Crippen LogP contribution in [0.2, 0.25) is 0 Å². The first kappa shape index (κ1) is 21.3. The molecule has 3 atom stereocenters. The molecule has 0 fully saturated rings. The number of aliphatic hydroxyl groups excluding tert-OH is 1. The standard InChI is InChI=1S/C21H24FN5O3S/c1-11(10-28)23-20(29)25-21-24-16-8-12(2)27(13(3)19(16)31-21)18-9-17(30-26-18)14-4-6-15(22)7-5-14/h4-7,9,11-13,28H,8,10H2,1-3H3,(H2,23,24,25,29)/t11-,12-,13+/m1/s1. The van der Waals surface area contributed by atoms with Gasteiger partial charge in [0.15, 0.2) is 16.7 Å². The number of rotatable bonds is 5. The van der Waals surface area contributed by atoms with Crippen LogP contribution in [0.1, 0.15) is 37.4 Å². The molecule has 1 aliphatic rings. The molecule has 0 unspecified atom stereocenters. The smallest absolute Gasteiger partial charge is 0.321 e. The number of nitrogens with zero attached hydrogens (tertiary/aromatic N) is 3. The van der Waals surface area contributed by atoms with E-state index in [1.54, 1.807) is 19.1 Å². The Morgan fingerprint density at radius 3 is 2.84 bits per heavy atom. The van der Waals surface area contributed by atoms with E-state index in [1.165, 1.54) is 23.5 Å². The van der Waals surface area contributed by atoms with Gasteiger partial charge in [-0.25, -0.2) is 14.2 Å². The number of urea groups is 1. The van der Waals surface area contributed by atoms with Gasteiger partial charge in [0.2, 0.25) is 0 Å². The number of carbonyl (C=O) groups is 1. The Labute approximate surface area is 183 Å². The van der Waals surface area contributed by atoms with Gasteiger partial charge in [-0.1, -0.05) is 16.5 Å². The van der Waals surface area contributed by atoms with Gasteiger partial charge >= 0.3 is 6.03 Å². The lowest BCUT2D eigenvalue weighted by Gasteiger charge is -2.37. The van der Waals surface area contributed by atoms with Crippen LogP contribution in [-0.2, 0) is 6.42 Å². The number of thiazole rings is 1. The number of carbonyl (C=O) groups excluding carboxylic acids is 1. The fourth-order valence-corrected chi connectivity index (χ4v) is 4.78. The summed E-state index contributed by atoms with van der Waals surface area (Å²) < 4.78 is 18.7. The number of anilines is 2. The van der Waals surface area contributed by atoms with Crippen molar-refractivity contribution < 1.29 is 18.8 Å². The quantitative estimate of drug-likeness (QED) is 0.549. The van der Waals surface area contributed by atoms with Crippen LogP contribution in [0.5, 0.6) is 0 Å². The molecule has 3 heterocycles. The average molecular weight is 446 g/mol. The summed E-state index contributed by atoms with van der Waals surface area (Å²) in [4.78, 5) is 19.9. The van der Waals surface area contributed by atoms with Crippen molar-refractivity contribution in [3.8, 4) is 11.3 Å². The largest absolute Gasteiger partial charge is 0.394 e. The van der Waals surface area contributed by atoms with E-state index >= 15 is 0 Å². The van der Waals surface area contributed by atoms with Crippen LogP contribution in [-0.4, -0.2) is 40.0 Å². The van der Waals surface area contributed by atoms with Crippen LogP contribution in [0.15, 0.2) is 34.9 Å². The number of nitrogens with one attached hydrogen (secondary N) is 2. The molecule has 0 saturated carbocycles. The van der Waals surface area contributed by atoms with Gasteiger partial charge in [0.05, 0.1) is 29.3 Å². The highest BCUT2D eigenvalue weighted by molar-refractivity contribution is 7.16. The molecular formula is C21H24FN5O3S. The molecule has 0 saturated heterocycles. The molecule has 0 bridgehead atoms. The van der Waals surface area contributed by atoms with Gasteiger partial charge in [-0.3, -0.25) is 5.32 Å². The van der Waals surface area contributed by atoms with Crippen molar-refractivity contribution in [3.63, 3.8) is 0 Å². The Hall–Kier alpha value is -2.98. The maximum Gasteiger partial charge on any atom is 0.321 e. The first-order chi connectivity index (χ1) is 14.9. The van der Waals surface area contributed by atoms with Gasteiger partial charge in [-0.05, 0) is 45.0 Å². The highest BCUT2D eigenvalue weighted by Gasteiger charge is 2.34. The number of fused-ring (bicyclic) bond motifs is 1. The summed E-state index contributed by atoms with van der Waals surface area (Å²) in [5.74, 6) is 0.965. The van der Waals surface area contributed by atoms with Crippen LogP contribution in [0.4, 0.5) is 20.1 Å². The summed E-state index contributed by atoms with van der Waals surface area (Å²) in [6, 6.07) is 7.31. The second-order valence-corrected chi connectivity index (χ2v) is 8.74. The molecule has 2 amide bonds. The monoisotopic (exact) mass is 445 g/mol. The fraction of sp³-hybridized carbons (Fsp3) is 0.381. The number of halogens is 1. The Bertz CT molecular complexity index is 1070. The lowest BCUT2D eigenvalue weighted by atomic mass is 10.00. The number of aromatic nitrogens is 2.